The molecule has 0 spiro atoms. The number of aromatic nitrogens is 4. The second kappa shape index (κ2) is 7.23. The highest BCUT2D eigenvalue weighted by atomic mass is 32.2. The molecule has 0 aliphatic carbocycles. The van der Waals surface area contributed by atoms with E-state index in [0.717, 1.165) is 17.1 Å². The number of hydrogen-bond donors (Lipinski definition) is 1. The van der Waals surface area contributed by atoms with Gasteiger partial charge in [-0.15, -0.1) is 5.10 Å². The van der Waals surface area contributed by atoms with Crippen molar-refractivity contribution in [3.8, 4) is 0 Å². The zero-order chi connectivity index (χ0) is 18.0. The first-order chi connectivity index (χ1) is 11.9. The van der Waals surface area contributed by atoms with Gasteiger partial charge in [0.25, 0.3) is 5.78 Å². The van der Waals surface area contributed by atoms with Gasteiger partial charge in [0.05, 0.1) is 5.75 Å². The van der Waals surface area contributed by atoms with E-state index < -0.39 is 0 Å². The molecule has 25 heavy (non-hydrogen) atoms. The topological polar surface area (TPSA) is 72.2 Å². The molecule has 0 bridgehead atoms. The maximum Gasteiger partial charge on any atom is 0.253 e. The van der Waals surface area contributed by atoms with E-state index >= 15 is 0 Å². The Morgan fingerprint density at radius 3 is 2.60 bits per heavy atom. The van der Waals surface area contributed by atoms with E-state index in [-0.39, 0.29) is 11.7 Å². The van der Waals surface area contributed by atoms with E-state index in [4.69, 9.17) is 0 Å². The molecule has 2 heterocycles. The summed E-state index contributed by atoms with van der Waals surface area (Å²) in [5, 5.41) is 7.83. The van der Waals surface area contributed by atoms with Crippen LogP contribution in [0, 0.1) is 13.8 Å². The molecule has 1 N–H and O–H groups in total. The van der Waals surface area contributed by atoms with Gasteiger partial charge < -0.3 is 5.32 Å². The number of thioether (sulfide) groups is 1. The lowest BCUT2D eigenvalue weighted by Crippen LogP contribution is -2.14. The van der Waals surface area contributed by atoms with Crippen LogP contribution in [0.25, 0.3) is 5.78 Å². The minimum absolute atomic E-state index is 0.0815. The van der Waals surface area contributed by atoms with E-state index in [1.165, 1.54) is 17.3 Å². The summed E-state index contributed by atoms with van der Waals surface area (Å²) in [5.74, 6) is 1.20. The molecule has 7 heteroatoms. The van der Waals surface area contributed by atoms with Gasteiger partial charge in [-0.05, 0) is 43.5 Å². The smallest absolute Gasteiger partial charge is 0.253 e. The Kier molecular flexibility index (Phi) is 5.03. The largest absolute Gasteiger partial charge is 0.325 e. The predicted octanol–water partition coefficient (Wildman–Crippen LogP) is 3.60. The molecule has 0 radical (unpaired) electrons. The molecule has 130 valence electrons. The number of aryl methyl sites for hydroxylation is 2. The number of amides is 1. The minimum Gasteiger partial charge on any atom is -0.325 e. The summed E-state index contributed by atoms with van der Waals surface area (Å²) in [4.78, 5) is 20.8. The number of nitrogens with one attached hydrogen (secondary N) is 1. The molecule has 3 rings (SSSR count). The van der Waals surface area contributed by atoms with Gasteiger partial charge in [-0.25, -0.2) is 9.50 Å². The molecule has 3 aromatic rings. The fourth-order valence-corrected chi connectivity index (χ4v) is 3.11. The number of anilines is 1. The van der Waals surface area contributed by atoms with Crippen LogP contribution in [0.15, 0.2) is 35.5 Å². The number of hydrogen-bond acceptors (Lipinski definition) is 5. The number of fused-ring (bicyclic) bond motifs is 1. The lowest BCUT2D eigenvalue weighted by molar-refractivity contribution is -0.113. The Hall–Kier alpha value is -2.41. The van der Waals surface area contributed by atoms with Crippen molar-refractivity contribution in [2.45, 2.75) is 38.8 Å². The van der Waals surface area contributed by atoms with Gasteiger partial charge in [0, 0.05) is 17.1 Å². The second-order valence-electron chi connectivity index (χ2n) is 6.26. The average molecular weight is 355 g/mol. The first kappa shape index (κ1) is 17.4. The van der Waals surface area contributed by atoms with Crippen LogP contribution in [-0.2, 0) is 4.79 Å². The van der Waals surface area contributed by atoms with Crippen LogP contribution in [-0.4, -0.2) is 31.2 Å². The van der Waals surface area contributed by atoms with Crippen molar-refractivity contribution >= 4 is 29.1 Å². The molecule has 0 unspecified atom stereocenters. The Morgan fingerprint density at radius 1 is 1.20 bits per heavy atom. The molecular formula is C18H21N5OS. The normalized spacial score (nSPS) is 11.2. The molecule has 1 amide bonds. The van der Waals surface area contributed by atoms with Crippen molar-refractivity contribution in [2.75, 3.05) is 11.1 Å². The monoisotopic (exact) mass is 355 g/mol. The van der Waals surface area contributed by atoms with Crippen LogP contribution in [0.3, 0.4) is 0 Å². The van der Waals surface area contributed by atoms with Crippen LogP contribution < -0.4 is 5.32 Å². The van der Waals surface area contributed by atoms with Gasteiger partial charge in [-0.1, -0.05) is 37.7 Å². The standard InChI is InChI=1S/C18H21N5OS/c1-11(2)14-5-7-15(8-6-14)20-16(24)10-25-18-21-17-19-12(3)9-13(4)23(17)22-18/h5-9,11H,10H2,1-4H3,(H,20,24). The van der Waals surface area contributed by atoms with Crippen molar-refractivity contribution < 1.29 is 4.79 Å². The molecular weight excluding hydrogens is 334 g/mol. The number of carbonyl (C=O) groups excluding carboxylic acids is 1. The van der Waals surface area contributed by atoms with E-state index in [1.54, 1.807) is 4.52 Å². The van der Waals surface area contributed by atoms with Crippen molar-refractivity contribution in [1.29, 1.82) is 0 Å². The van der Waals surface area contributed by atoms with Crippen LogP contribution in [0.2, 0.25) is 0 Å². The van der Waals surface area contributed by atoms with Crippen molar-refractivity contribution in [1.82, 2.24) is 19.6 Å². The predicted molar refractivity (Wildman–Crippen MR) is 100 cm³/mol. The van der Waals surface area contributed by atoms with Crippen molar-refractivity contribution in [3.05, 3.63) is 47.3 Å². The molecule has 0 atom stereocenters. The summed E-state index contributed by atoms with van der Waals surface area (Å²) in [7, 11) is 0. The van der Waals surface area contributed by atoms with Crippen molar-refractivity contribution in [3.63, 3.8) is 0 Å². The van der Waals surface area contributed by atoms with Crippen LogP contribution >= 0.6 is 11.8 Å². The number of carbonyl (C=O) groups is 1. The third-order valence-electron chi connectivity index (χ3n) is 3.79. The zero-order valence-electron chi connectivity index (χ0n) is 14.8. The fraction of sp³-hybridized carbons (Fsp3) is 0.333. The fourth-order valence-electron chi connectivity index (χ4n) is 2.49. The van der Waals surface area contributed by atoms with E-state index in [9.17, 15) is 4.79 Å². The van der Waals surface area contributed by atoms with Crippen LogP contribution in [0.4, 0.5) is 5.69 Å². The van der Waals surface area contributed by atoms with Gasteiger partial charge in [-0.2, -0.15) is 4.98 Å². The Balaban J connectivity index is 1.61. The Labute approximate surface area is 151 Å². The number of rotatable bonds is 5. The Bertz CT molecular complexity index is 902. The third-order valence-corrected chi connectivity index (χ3v) is 4.63. The minimum atomic E-state index is -0.0815. The summed E-state index contributed by atoms with van der Waals surface area (Å²) < 4.78 is 1.69. The lowest BCUT2D eigenvalue weighted by atomic mass is 10.0. The lowest BCUT2D eigenvalue weighted by Gasteiger charge is -2.08. The van der Waals surface area contributed by atoms with Gasteiger partial charge >= 0.3 is 0 Å². The van der Waals surface area contributed by atoms with Gasteiger partial charge in [0.1, 0.15) is 0 Å². The zero-order valence-corrected chi connectivity index (χ0v) is 15.6. The Morgan fingerprint density at radius 2 is 1.92 bits per heavy atom. The van der Waals surface area contributed by atoms with Gasteiger partial charge in [0.2, 0.25) is 11.1 Å². The highest BCUT2D eigenvalue weighted by Crippen LogP contribution is 2.19. The molecule has 6 nitrogen and oxygen atoms in total. The van der Waals surface area contributed by atoms with Gasteiger partial charge in [-0.3, -0.25) is 4.79 Å². The summed E-state index contributed by atoms with van der Waals surface area (Å²) >= 11 is 1.30. The quantitative estimate of drug-likeness (QED) is 0.708. The van der Waals surface area contributed by atoms with E-state index in [1.807, 2.05) is 44.2 Å². The molecule has 0 saturated carbocycles. The molecule has 1 aromatic carbocycles. The van der Waals surface area contributed by atoms with Crippen LogP contribution in [0.5, 0.6) is 0 Å². The molecule has 0 fully saturated rings. The van der Waals surface area contributed by atoms with E-state index in [0.29, 0.717) is 16.9 Å². The van der Waals surface area contributed by atoms with Crippen molar-refractivity contribution in [2.24, 2.45) is 0 Å². The molecule has 0 aliphatic heterocycles. The molecule has 2 aromatic heterocycles. The second-order valence-corrected chi connectivity index (χ2v) is 7.20. The highest BCUT2D eigenvalue weighted by Gasteiger charge is 2.11. The summed E-state index contributed by atoms with van der Waals surface area (Å²) in [5.41, 5.74) is 3.92. The summed E-state index contributed by atoms with van der Waals surface area (Å²) in [6, 6.07) is 9.87. The average Bonchev–Trinajstić information content (AvgIpc) is 2.97. The van der Waals surface area contributed by atoms with Gasteiger partial charge in [0.15, 0.2) is 0 Å². The highest BCUT2D eigenvalue weighted by molar-refractivity contribution is 7.99. The maximum absolute atomic E-state index is 12.1. The number of benzene rings is 1. The molecule has 0 saturated heterocycles. The van der Waals surface area contributed by atoms with E-state index in [2.05, 4.69) is 34.2 Å². The number of nitrogens with zero attached hydrogens (tertiary/aromatic N) is 4. The first-order valence-corrected chi connectivity index (χ1v) is 9.14. The molecule has 0 aliphatic rings. The van der Waals surface area contributed by atoms with Crippen LogP contribution in [0.1, 0.15) is 36.7 Å². The summed E-state index contributed by atoms with van der Waals surface area (Å²) in [6.07, 6.45) is 0. The maximum atomic E-state index is 12.1. The summed E-state index contributed by atoms with van der Waals surface area (Å²) in [6.45, 7) is 8.17. The SMILES string of the molecule is Cc1cc(C)n2nc(SCC(=O)Nc3ccc(C(C)C)cc3)nc2n1. The first-order valence-electron chi connectivity index (χ1n) is 8.16. The third kappa shape index (κ3) is 4.17.